The van der Waals surface area contributed by atoms with E-state index < -0.39 is 0 Å². The quantitative estimate of drug-likeness (QED) is 0.752. The lowest BCUT2D eigenvalue weighted by Crippen LogP contribution is -2.12. The van der Waals surface area contributed by atoms with Crippen LogP contribution in [0.1, 0.15) is 22.3 Å². The van der Waals surface area contributed by atoms with Crippen LogP contribution in [-0.2, 0) is 6.42 Å². The van der Waals surface area contributed by atoms with Crippen molar-refractivity contribution in [3.63, 3.8) is 0 Å². The van der Waals surface area contributed by atoms with Crippen molar-refractivity contribution in [1.82, 2.24) is 0 Å². The van der Waals surface area contributed by atoms with Crippen LogP contribution in [-0.4, -0.2) is 26.9 Å². The van der Waals surface area contributed by atoms with Gasteiger partial charge in [0.05, 0.1) is 7.11 Å². The summed E-state index contributed by atoms with van der Waals surface area (Å²) < 4.78 is 17.1. The van der Waals surface area contributed by atoms with E-state index in [-0.39, 0.29) is 0 Å². The molecule has 130 valence electrons. The number of hydrogen-bond acceptors (Lipinski definition) is 4. The number of nitrogens with two attached hydrogens (primary N) is 1. The van der Waals surface area contributed by atoms with Gasteiger partial charge in [-0.1, -0.05) is 18.2 Å². The summed E-state index contributed by atoms with van der Waals surface area (Å²) >= 11 is 0. The van der Waals surface area contributed by atoms with Crippen LogP contribution >= 0.6 is 0 Å². The number of ether oxygens (including phenoxy) is 3. The molecule has 0 atom stereocenters. The molecule has 2 N–H and O–H groups in total. The Bertz CT molecular complexity index is 683. The smallest absolute Gasteiger partial charge is 0.126 e. The average molecular weight is 329 g/mol. The minimum absolute atomic E-state index is 0.470. The van der Waals surface area contributed by atoms with E-state index in [0.717, 1.165) is 34.8 Å². The molecule has 0 aromatic heterocycles. The molecule has 0 unspecified atom stereocenters. The zero-order chi connectivity index (χ0) is 17.5. The van der Waals surface area contributed by atoms with Gasteiger partial charge in [-0.25, -0.2) is 0 Å². The highest BCUT2D eigenvalue weighted by molar-refractivity contribution is 5.44. The Morgan fingerprint density at radius 2 is 1.62 bits per heavy atom. The molecule has 0 amide bonds. The van der Waals surface area contributed by atoms with Gasteiger partial charge in [-0.3, -0.25) is 0 Å². The van der Waals surface area contributed by atoms with Gasteiger partial charge in [0.15, 0.2) is 0 Å². The van der Waals surface area contributed by atoms with E-state index >= 15 is 0 Å². The molecule has 0 saturated heterocycles. The summed E-state index contributed by atoms with van der Waals surface area (Å²) in [6.07, 6.45) is 0.774. The summed E-state index contributed by atoms with van der Waals surface area (Å²) in [5, 5.41) is 0. The second kappa shape index (κ2) is 8.60. The Hall–Kier alpha value is -2.20. The van der Waals surface area contributed by atoms with Crippen LogP contribution in [0.25, 0.3) is 0 Å². The van der Waals surface area contributed by atoms with Crippen molar-refractivity contribution >= 4 is 0 Å². The van der Waals surface area contributed by atoms with Crippen molar-refractivity contribution in [3.05, 3.63) is 52.6 Å². The molecule has 0 heterocycles. The Morgan fingerprint density at radius 3 is 2.33 bits per heavy atom. The van der Waals surface area contributed by atoms with Crippen molar-refractivity contribution in [1.29, 1.82) is 0 Å². The third kappa shape index (κ3) is 4.42. The largest absolute Gasteiger partial charge is 0.497 e. The molecule has 0 bridgehead atoms. The topological polar surface area (TPSA) is 53.7 Å². The zero-order valence-corrected chi connectivity index (χ0v) is 15.0. The first-order valence-electron chi connectivity index (χ1n) is 8.26. The number of aryl methyl sites for hydroxylation is 2. The standard InChI is InChI=1S/C20H27NO3/c1-14-5-6-15(2)20(16(14)3)24-12-11-23-19-13-18(22-4)8-7-17(19)9-10-21/h5-8,13H,9-12,21H2,1-4H3. The van der Waals surface area contributed by atoms with Gasteiger partial charge >= 0.3 is 0 Å². The SMILES string of the molecule is COc1ccc(CCN)c(OCCOc2c(C)ccc(C)c2C)c1. The van der Waals surface area contributed by atoms with Gasteiger partial charge < -0.3 is 19.9 Å². The molecule has 0 aliphatic carbocycles. The summed E-state index contributed by atoms with van der Waals surface area (Å²) in [7, 11) is 1.65. The fraction of sp³-hybridized carbons (Fsp3) is 0.400. The van der Waals surface area contributed by atoms with Gasteiger partial charge in [-0.2, -0.15) is 0 Å². The van der Waals surface area contributed by atoms with Gasteiger partial charge in [-0.05, 0) is 62.1 Å². The van der Waals surface area contributed by atoms with Crippen molar-refractivity contribution in [2.75, 3.05) is 26.9 Å². The first kappa shape index (κ1) is 18.1. The first-order valence-corrected chi connectivity index (χ1v) is 8.26. The molecule has 2 aromatic carbocycles. The molecular weight excluding hydrogens is 302 g/mol. The number of rotatable bonds is 8. The maximum absolute atomic E-state index is 5.95. The summed E-state index contributed by atoms with van der Waals surface area (Å²) in [6, 6.07) is 10.0. The van der Waals surface area contributed by atoms with Crippen LogP contribution < -0.4 is 19.9 Å². The van der Waals surface area contributed by atoms with Gasteiger partial charge in [0.25, 0.3) is 0 Å². The predicted molar refractivity (Wildman–Crippen MR) is 97.4 cm³/mol. The Labute approximate surface area is 144 Å². The molecule has 4 nitrogen and oxygen atoms in total. The molecule has 2 rings (SSSR count). The highest BCUT2D eigenvalue weighted by Gasteiger charge is 2.08. The Balaban J connectivity index is 1.98. The molecular formula is C20H27NO3. The molecule has 24 heavy (non-hydrogen) atoms. The van der Waals surface area contributed by atoms with Crippen LogP contribution in [0.3, 0.4) is 0 Å². The third-order valence-corrected chi connectivity index (χ3v) is 4.15. The molecule has 0 aliphatic heterocycles. The van der Waals surface area contributed by atoms with Gasteiger partial charge in [0, 0.05) is 6.07 Å². The average Bonchev–Trinajstić information content (AvgIpc) is 2.59. The van der Waals surface area contributed by atoms with E-state index in [2.05, 4.69) is 32.9 Å². The Kier molecular flexibility index (Phi) is 6.50. The van der Waals surface area contributed by atoms with Gasteiger partial charge in [0.1, 0.15) is 30.5 Å². The first-order chi connectivity index (χ1) is 11.6. The lowest BCUT2D eigenvalue weighted by molar-refractivity contribution is 0.213. The molecule has 0 aliphatic rings. The van der Waals surface area contributed by atoms with Crippen molar-refractivity contribution in [3.8, 4) is 17.2 Å². The van der Waals surface area contributed by atoms with Gasteiger partial charge in [-0.15, -0.1) is 0 Å². The second-order valence-corrected chi connectivity index (χ2v) is 5.86. The number of methoxy groups -OCH3 is 1. The van der Waals surface area contributed by atoms with E-state index in [4.69, 9.17) is 19.9 Å². The van der Waals surface area contributed by atoms with Crippen LogP contribution in [0.4, 0.5) is 0 Å². The van der Waals surface area contributed by atoms with Gasteiger partial charge in [0.2, 0.25) is 0 Å². The molecule has 0 spiro atoms. The van der Waals surface area contributed by atoms with Crippen molar-refractivity contribution < 1.29 is 14.2 Å². The highest BCUT2D eigenvalue weighted by Crippen LogP contribution is 2.27. The highest BCUT2D eigenvalue weighted by atomic mass is 16.5. The zero-order valence-electron chi connectivity index (χ0n) is 15.0. The second-order valence-electron chi connectivity index (χ2n) is 5.86. The summed E-state index contributed by atoms with van der Waals surface area (Å²) in [5.41, 5.74) is 10.3. The fourth-order valence-corrected chi connectivity index (χ4v) is 2.60. The minimum Gasteiger partial charge on any atom is -0.497 e. The van der Waals surface area contributed by atoms with Crippen LogP contribution in [0.15, 0.2) is 30.3 Å². The number of hydrogen-bond donors (Lipinski definition) is 1. The van der Waals surface area contributed by atoms with Crippen LogP contribution in [0.2, 0.25) is 0 Å². The predicted octanol–water partition coefficient (Wildman–Crippen LogP) is 3.58. The van der Waals surface area contributed by atoms with E-state index in [9.17, 15) is 0 Å². The molecule has 2 aromatic rings. The van der Waals surface area contributed by atoms with E-state index in [1.807, 2.05) is 18.2 Å². The minimum atomic E-state index is 0.470. The lowest BCUT2D eigenvalue weighted by atomic mass is 10.1. The summed E-state index contributed by atoms with van der Waals surface area (Å²) in [6.45, 7) is 7.78. The molecule has 0 saturated carbocycles. The fourth-order valence-electron chi connectivity index (χ4n) is 2.60. The van der Waals surface area contributed by atoms with Crippen LogP contribution in [0, 0.1) is 20.8 Å². The van der Waals surface area contributed by atoms with Crippen molar-refractivity contribution in [2.45, 2.75) is 27.2 Å². The monoisotopic (exact) mass is 329 g/mol. The molecule has 0 fully saturated rings. The summed E-state index contributed by atoms with van der Waals surface area (Å²) in [4.78, 5) is 0. The van der Waals surface area contributed by atoms with E-state index in [0.29, 0.717) is 19.8 Å². The molecule has 4 heteroatoms. The normalized spacial score (nSPS) is 10.5. The maximum Gasteiger partial charge on any atom is 0.126 e. The van der Waals surface area contributed by atoms with E-state index in [1.54, 1.807) is 7.11 Å². The number of benzene rings is 2. The third-order valence-electron chi connectivity index (χ3n) is 4.15. The Morgan fingerprint density at radius 1 is 0.917 bits per heavy atom. The molecule has 0 radical (unpaired) electrons. The summed E-state index contributed by atoms with van der Waals surface area (Å²) in [5.74, 6) is 2.53. The van der Waals surface area contributed by atoms with Crippen molar-refractivity contribution in [2.24, 2.45) is 5.73 Å². The van der Waals surface area contributed by atoms with Crippen LogP contribution in [0.5, 0.6) is 17.2 Å². The van der Waals surface area contributed by atoms with E-state index in [1.165, 1.54) is 11.1 Å². The lowest BCUT2D eigenvalue weighted by Gasteiger charge is -2.16. The maximum atomic E-state index is 5.95.